The van der Waals surface area contributed by atoms with Crippen LogP contribution in [0.2, 0.25) is 0 Å². The fourth-order valence-electron chi connectivity index (χ4n) is 2.95. The number of hydrogen-bond acceptors (Lipinski definition) is 7. The summed E-state index contributed by atoms with van der Waals surface area (Å²) >= 11 is 1.29. The molecule has 3 aromatic carbocycles. The maximum atomic E-state index is 12.1. The summed E-state index contributed by atoms with van der Waals surface area (Å²) in [4.78, 5) is 22.3. The van der Waals surface area contributed by atoms with Gasteiger partial charge in [0.05, 0.1) is 17.1 Å². The molecular weight excluding hydrogens is 414 g/mol. The van der Waals surface area contributed by atoms with Crippen LogP contribution < -0.4 is 0 Å². The van der Waals surface area contributed by atoms with E-state index in [0.717, 1.165) is 16.3 Å². The van der Waals surface area contributed by atoms with Crippen LogP contribution in [-0.2, 0) is 0 Å². The molecule has 0 saturated heterocycles. The van der Waals surface area contributed by atoms with Crippen LogP contribution in [-0.4, -0.2) is 26.7 Å². The molecule has 31 heavy (non-hydrogen) atoms. The Bertz CT molecular complexity index is 1310. The summed E-state index contributed by atoms with van der Waals surface area (Å²) in [5, 5.41) is 21.4. The molecule has 0 aliphatic rings. The molecule has 0 radical (unpaired) electrons. The SMILES string of the molecule is O=C(CC#CCSc1nnc(-c2cccc3ccccc23)o1)c1ccc([N+](=O)[O-])cc1. The molecular formula is C23H15N3O4S. The van der Waals surface area contributed by atoms with E-state index in [9.17, 15) is 14.9 Å². The second-order valence-corrected chi connectivity index (χ2v) is 7.37. The molecule has 0 N–H and O–H groups in total. The third-order valence-electron chi connectivity index (χ3n) is 4.47. The molecule has 0 amide bonds. The summed E-state index contributed by atoms with van der Waals surface area (Å²) in [5.74, 6) is 6.36. The highest BCUT2D eigenvalue weighted by molar-refractivity contribution is 7.99. The molecule has 152 valence electrons. The van der Waals surface area contributed by atoms with E-state index < -0.39 is 4.92 Å². The number of thioether (sulfide) groups is 1. The Labute approximate surface area is 181 Å². The number of fused-ring (bicyclic) bond motifs is 1. The number of nitrogens with zero attached hydrogens (tertiary/aromatic N) is 3. The molecule has 0 spiro atoms. The number of rotatable bonds is 6. The molecule has 1 aromatic heterocycles. The van der Waals surface area contributed by atoms with Crippen LogP contribution in [0.4, 0.5) is 5.69 Å². The summed E-state index contributed by atoms with van der Waals surface area (Å²) in [5.41, 5.74) is 1.21. The van der Waals surface area contributed by atoms with Gasteiger partial charge >= 0.3 is 0 Å². The number of Topliss-reactive ketones (excluding diaryl/α,β-unsaturated/α-hetero) is 1. The minimum atomic E-state index is -0.505. The van der Waals surface area contributed by atoms with Crippen LogP contribution in [0.25, 0.3) is 22.2 Å². The van der Waals surface area contributed by atoms with Gasteiger partial charge in [0, 0.05) is 23.3 Å². The van der Waals surface area contributed by atoms with Gasteiger partial charge in [-0.15, -0.1) is 10.2 Å². The normalized spacial score (nSPS) is 10.5. The van der Waals surface area contributed by atoms with Gasteiger partial charge in [0.2, 0.25) is 5.89 Å². The summed E-state index contributed by atoms with van der Waals surface area (Å²) < 4.78 is 5.76. The molecule has 1 heterocycles. The van der Waals surface area contributed by atoms with E-state index in [1.54, 1.807) is 0 Å². The molecule has 0 bridgehead atoms. The summed E-state index contributed by atoms with van der Waals surface area (Å²) in [6.07, 6.45) is 0.0312. The maximum Gasteiger partial charge on any atom is 0.277 e. The smallest absolute Gasteiger partial charge is 0.277 e. The lowest BCUT2D eigenvalue weighted by molar-refractivity contribution is -0.384. The molecule has 7 nitrogen and oxygen atoms in total. The molecule has 0 fully saturated rings. The van der Waals surface area contributed by atoms with Gasteiger partial charge in [-0.25, -0.2) is 0 Å². The quantitative estimate of drug-likeness (QED) is 0.137. The molecule has 0 unspecified atom stereocenters. The number of ketones is 1. The van der Waals surface area contributed by atoms with Crippen LogP contribution in [0.1, 0.15) is 16.8 Å². The fraction of sp³-hybridized carbons (Fsp3) is 0.0870. The van der Waals surface area contributed by atoms with Crippen molar-refractivity contribution in [2.24, 2.45) is 0 Å². The highest BCUT2D eigenvalue weighted by atomic mass is 32.2. The molecule has 0 aliphatic carbocycles. The van der Waals surface area contributed by atoms with E-state index in [1.807, 2.05) is 42.5 Å². The molecule has 0 atom stereocenters. The van der Waals surface area contributed by atoms with Gasteiger partial charge in [-0.05, 0) is 29.0 Å². The van der Waals surface area contributed by atoms with Crippen LogP contribution >= 0.6 is 11.8 Å². The van der Waals surface area contributed by atoms with Gasteiger partial charge in [0.15, 0.2) is 5.78 Å². The third kappa shape index (κ3) is 4.79. The number of aromatic nitrogens is 2. The van der Waals surface area contributed by atoms with Crippen molar-refractivity contribution in [2.45, 2.75) is 11.6 Å². The average Bonchev–Trinajstić information content (AvgIpc) is 3.27. The molecule has 4 rings (SSSR count). The number of benzene rings is 3. The number of nitro benzene ring substituents is 1. The van der Waals surface area contributed by atoms with E-state index >= 15 is 0 Å². The zero-order chi connectivity index (χ0) is 21.6. The van der Waals surface area contributed by atoms with E-state index in [-0.39, 0.29) is 17.9 Å². The molecule has 4 aromatic rings. The largest absolute Gasteiger partial charge is 0.411 e. The monoisotopic (exact) mass is 429 g/mol. The van der Waals surface area contributed by atoms with Crippen molar-refractivity contribution in [1.82, 2.24) is 10.2 Å². The van der Waals surface area contributed by atoms with Crippen LogP contribution in [0.5, 0.6) is 0 Å². The Kier molecular flexibility index (Phi) is 6.05. The van der Waals surface area contributed by atoms with Crippen LogP contribution in [0.3, 0.4) is 0 Å². The number of non-ortho nitro benzene ring substituents is 1. The highest BCUT2D eigenvalue weighted by Crippen LogP contribution is 2.29. The molecule has 0 aliphatic heterocycles. The summed E-state index contributed by atoms with van der Waals surface area (Å²) in [6, 6.07) is 19.4. The Morgan fingerprint density at radius 2 is 1.77 bits per heavy atom. The molecule has 0 saturated carbocycles. The lowest BCUT2D eigenvalue weighted by Crippen LogP contribution is -1.97. The van der Waals surface area contributed by atoms with Crippen molar-refractivity contribution in [3.63, 3.8) is 0 Å². The van der Waals surface area contributed by atoms with E-state index in [1.165, 1.54) is 36.0 Å². The number of nitro groups is 1. The first-order valence-corrected chi connectivity index (χ1v) is 10.3. The summed E-state index contributed by atoms with van der Waals surface area (Å²) in [6.45, 7) is 0. The Morgan fingerprint density at radius 3 is 2.58 bits per heavy atom. The minimum Gasteiger partial charge on any atom is -0.411 e. The van der Waals surface area contributed by atoms with Gasteiger partial charge in [-0.2, -0.15) is 0 Å². The number of hydrogen-bond donors (Lipinski definition) is 0. The average molecular weight is 429 g/mol. The van der Waals surface area contributed by atoms with Gasteiger partial charge < -0.3 is 4.42 Å². The van der Waals surface area contributed by atoms with Crippen LogP contribution in [0.15, 0.2) is 76.4 Å². The van der Waals surface area contributed by atoms with Gasteiger partial charge in [0.1, 0.15) is 0 Å². The maximum absolute atomic E-state index is 12.1. The number of carbonyl (C=O) groups excluding carboxylic acids is 1. The van der Waals surface area contributed by atoms with Crippen molar-refractivity contribution in [2.75, 3.05) is 5.75 Å². The van der Waals surface area contributed by atoms with Crippen LogP contribution in [0, 0.1) is 22.0 Å². The fourth-order valence-corrected chi connectivity index (χ4v) is 3.49. The Morgan fingerprint density at radius 1 is 1.00 bits per heavy atom. The van der Waals surface area contributed by atoms with Crippen molar-refractivity contribution in [3.8, 4) is 23.3 Å². The first kappa shape index (κ1) is 20.3. The zero-order valence-electron chi connectivity index (χ0n) is 16.1. The van der Waals surface area contributed by atoms with Crippen molar-refractivity contribution in [3.05, 3.63) is 82.4 Å². The van der Waals surface area contributed by atoms with Gasteiger partial charge in [-0.3, -0.25) is 14.9 Å². The van der Waals surface area contributed by atoms with Crippen molar-refractivity contribution >= 4 is 34.0 Å². The topological polar surface area (TPSA) is 99.1 Å². The van der Waals surface area contributed by atoms with Gasteiger partial charge in [-0.1, -0.05) is 60.0 Å². The van der Waals surface area contributed by atoms with E-state index in [4.69, 9.17) is 4.42 Å². The minimum absolute atomic E-state index is 0.0312. The predicted octanol–water partition coefficient (Wildman–Crippen LogP) is 5.17. The predicted molar refractivity (Wildman–Crippen MR) is 118 cm³/mol. The first-order valence-electron chi connectivity index (χ1n) is 9.29. The summed E-state index contributed by atoms with van der Waals surface area (Å²) in [7, 11) is 0. The third-order valence-corrected chi connectivity index (χ3v) is 5.17. The highest BCUT2D eigenvalue weighted by Gasteiger charge is 2.12. The lowest BCUT2D eigenvalue weighted by atomic mass is 10.0. The second kappa shape index (κ2) is 9.24. The van der Waals surface area contributed by atoms with E-state index in [0.29, 0.717) is 22.4 Å². The standard InChI is InChI=1S/C23H15N3O4S/c27-21(17-11-13-18(14-12-17)26(28)29)10-3-4-15-31-23-25-24-22(30-23)20-9-5-7-16-6-1-2-8-19(16)20/h1-2,5-9,11-14H,10,15H2. The Hall–Kier alpha value is -3.96. The zero-order valence-corrected chi connectivity index (χ0v) is 17.0. The number of carbonyl (C=O) groups is 1. The van der Waals surface area contributed by atoms with E-state index in [2.05, 4.69) is 22.0 Å². The molecule has 8 heteroatoms. The lowest BCUT2D eigenvalue weighted by Gasteiger charge is -2.01. The van der Waals surface area contributed by atoms with Gasteiger partial charge in [0.25, 0.3) is 10.9 Å². The Balaban J connectivity index is 1.34. The van der Waals surface area contributed by atoms with Crippen molar-refractivity contribution < 1.29 is 14.1 Å². The van der Waals surface area contributed by atoms with Crippen molar-refractivity contribution in [1.29, 1.82) is 0 Å². The second-order valence-electron chi connectivity index (χ2n) is 6.45. The first-order chi connectivity index (χ1) is 15.1.